The second kappa shape index (κ2) is 8.82. The number of nitrogens with one attached hydrogen (secondary N) is 1. The van der Waals surface area contributed by atoms with Crippen molar-refractivity contribution < 1.29 is 4.74 Å². The molecule has 21 heavy (non-hydrogen) atoms. The standard InChI is InChI=1S/C16H30N4O/c1-12(2)11-21-15-10-14(17-8-7-9-20(5)6)18-16(19-15)13(3)4/h10,12-13H,7-9,11H2,1-6H3,(H,17,18,19). The van der Waals surface area contributed by atoms with Gasteiger partial charge in [-0.25, -0.2) is 4.98 Å². The fraction of sp³-hybridized carbons (Fsp3) is 0.750. The first-order valence-corrected chi connectivity index (χ1v) is 7.79. The van der Waals surface area contributed by atoms with Gasteiger partial charge < -0.3 is 15.0 Å². The van der Waals surface area contributed by atoms with Crippen LogP contribution in [0.3, 0.4) is 0 Å². The molecule has 0 aliphatic heterocycles. The van der Waals surface area contributed by atoms with Crippen LogP contribution in [0.4, 0.5) is 5.82 Å². The summed E-state index contributed by atoms with van der Waals surface area (Å²) in [5, 5.41) is 3.37. The summed E-state index contributed by atoms with van der Waals surface area (Å²) >= 11 is 0. The van der Waals surface area contributed by atoms with Gasteiger partial charge in [0.05, 0.1) is 6.61 Å². The summed E-state index contributed by atoms with van der Waals surface area (Å²) in [7, 11) is 4.17. The summed E-state index contributed by atoms with van der Waals surface area (Å²) in [5.41, 5.74) is 0. The maximum Gasteiger partial charge on any atom is 0.218 e. The molecule has 120 valence electrons. The van der Waals surface area contributed by atoms with E-state index in [-0.39, 0.29) is 5.92 Å². The fourth-order valence-electron chi connectivity index (χ4n) is 1.73. The van der Waals surface area contributed by atoms with E-state index in [1.807, 2.05) is 6.07 Å². The van der Waals surface area contributed by atoms with Gasteiger partial charge in [-0.3, -0.25) is 0 Å². The van der Waals surface area contributed by atoms with E-state index in [0.29, 0.717) is 18.4 Å². The Bertz CT molecular complexity index is 419. The molecule has 1 aromatic rings. The van der Waals surface area contributed by atoms with Crippen LogP contribution in [0.2, 0.25) is 0 Å². The second-order valence-corrected chi connectivity index (χ2v) is 6.39. The zero-order valence-corrected chi connectivity index (χ0v) is 14.3. The summed E-state index contributed by atoms with van der Waals surface area (Å²) < 4.78 is 5.74. The molecule has 0 amide bonds. The van der Waals surface area contributed by atoms with Crippen molar-refractivity contribution in [2.45, 2.75) is 40.0 Å². The Kier molecular flexibility index (Phi) is 7.43. The van der Waals surface area contributed by atoms with E-state index in [1.54, 1.807) is 0 Å². The lowest BCUT2D eigenvalue weighted by Gasteiger charge is -2.14. The van der Waals surface area contributed by atoms with Crippen molar-refractivity contribution in [3.05, 3.63) is 11.9 Å². The molecule has 0 aliphatic rings. The van der Waals surface area contributed by atoms with E-state index in [1.165, 1.54) is 0 Å². The van der Waals surface area contributed by atoms with Gasteiger partial charge in [-0.1, -0.05) is 27.7 Å². The van der Waals surface area contributed by atoms with Gasteiger partial charge in [0.1, 0.15) is 11.6 Å². The van der Waals surface area contributed by atoms with Crippen molar-refractivity contribution in [2.75, 3.05) is 39.1 Å². The molecule has 0 unspecified atom stereocenters. The Morgan fingerprint density at radius 3 is 2.48 bits per heavy atom. The first kappa shape index (κ1) is 17.7. The monoisotopic (exact) mass is 294 g/mol. The maximum absolute atomic E-state index is 5.74. The molecule has 1 rings (SSSR count). The molecule has 0 aliphatic carbocycles. The highest BCUT2D eigenvalue weighted by atomic mass is 16.5. The molecule has 5 nitrogen and oxygen atoms in total. The number of rotatable bonds is 9. The largest absolute Gasteiger partial charge is 0.477 e. The quantitative estimate of drug-likeness (QED) is 0.710. The molecule has 0 atom stereocenters. The smallest absolute Gasteiger partial charge is 0.218 e. The van der Waals surface area contributed by atoms with Crippen molar-refractivity contribution in [2.24, 2.45) is 5.92 Å². The molecule has 5 heteroatoms. The third-order valence-electron chi connectivity index (χ3n) is 2.89. The van der Waals surface area contributed by atoms with Gasteiger partial charge >= 0.3 is 0 Å². The van der Waals surface area contributed by atoms with Crippen molar-refractivity contribution in [3.8, 4) is 5.88 Å². The Morgan fingerprint density at radius 2 is 1.90 bits per heavy atom. The highest BCUT2D eigenvalue weighted by Gasteiger charge is 2.09. The molecule has 0 aromatic carbocycles. The Labute approximate surface area is 129 Å². The molecule has 0 saturated carbocycles. The number of anilines is 1. The number of ether oxygens (including phenoxy) is 1. The average Bonchev–Trinajstić information content (AvgIpc) is 2.41. The van der Waals surface area contributed by atoms with Crippen LogP contribution in [0.5, 0.6) is 5.88 Å². The number of aromatic nitrogens is 2. The van der Waals surface area contributed by atoms with Crippen LogP contribution in [-0.2, 0) is 0 Å². The first-order chi connectivity index (χ1) is 9.88. The SMILES string of the molecule is CC(C)COc1cc(NCCCN(C)C)nc(C(C)C)n1. The van der Waals surface area contributed by atoms with E-state index in [2.05, 4.69) is 62.0 Å². The van der Waals surface area contributed by atoms with E-state index in [0.717, 1.165) is 31.2 Å². The number of hydrogen-bond donors (Lipinski definition) is 1. The van der Waals surface area contributed by atoms with E-state index >= 15 is 0 Å². The van der Waals surface area contributed by atoms with Crippen LogP contribution in [0.25, 0.3) is 0 Å². The topological polar surface area (TPSA) is 50.3 Å². The third kappa shape index (κ3) is 7.27. The summed E-state index contributed by atoms with van der Waals surface area (Å²) in [6.07, 6.45) is 1.08. The molecule has 0 spiro atoms. The van der Waals surface area contributed by atoms with Crippen LogP contribution in [-0.4, -0.2) is 48.7 Å². The predicted octanol–water partition coefficient (Wildman–Crippen LogP) is 3.00. The molecule has 0 bridgehead atoms. The van der Waals surface area contributed by atoms with Crippen molar-refractivity contribution in [1.29, 1.82) is 0 Å². The highest BCUT2D eigenvalue weighted by molar-refractivity contribution is 5.38. The molecule has 0 saturated heterocycles. The van der Waals surface area contributed by atoms with Gasteiger partial charge in [-0.05, 0) is 33.0 Å². The van der Waals surface area contributed by atoms with E-state index in [4.69, 9.17) is 4.74 Å². The zero-order chi connectivity index (χ0) is 15.8. The van der Waals surface area contributed by atoms with E-state index < -0.39 is 0 Å². The lowest BCUT2D eigenvalue weighted by atomic mass is 10.2. The molecular formula is C16H30N4O. The third-order valence-corrected chi connectivity index (χ3v) is 2.89. The number of hydrogen-bond acceptors (Lipinski definition) is 5. The van der Waals surface area contributed by atoms with Crippen LogP contribution >= 0.6 is 0 Å². The zero-order valence-electron chi connectivity index (χ0n) is 14.3. The van der Waals surface area contributed by atoms with Crippen LogP contribution in [0.1, 0.15) is 45.9 Å². The van der Waals surface area contributed by atoms with Crippen molar-refractivity contribution in [3.63, 3.8) is 0 Å². The summed E-state index contributed by atoms with van der Waals surface area (Å²) in [6.45, 7) is 11.1. The lowest BCUT2D eigenvalue weighted by Crippen LogP contribution is -2.17. The van der Waals surface area contributed by atoms with Gasteiger partial charge in [-0.2, -0.15) is 4.98 Å². The molecule has 0 radical (unpaired) electrons. The summed E-state index contributed by atoms with van der Waals surface area (Å²) in [5.74, 6) is 3.11. The highest BCUT2D eigenvalue weighted by Crippen LogP contribution is 2.19. The Hall–Kier alpha value is -1.36. The van der Waals surface area contributed by atoms with Gasteiger partial charge in [0.25, 0.3) is 0 Å². The molecular weight excluding hydrogens is 264 g/mol. The first-order valence-electron chi connectivity index (χ1n) is 7.79. The summed E-state index contributed by atoms with van der Waals surface area (Å²) in [6, 6.07) is 1.89. The second-order valence-electron chi connectivity index (χ2n) is 6.39. The van der Waals surface area contributed by atoms with Gasteiger partial charge in [0, 0.05) is 18.5 Å². The van der Waals surface area contributed by atoms with Crippen LogP contribution < -0.4 is 10.1 Å². The van der Waals surface area contributed by atoms with Gasteiger partial charge in [0.15, 0.2) is 0 Å². The fourth-order valence-corrected chi connectivity index (χ4v) is 1.73. The van der Waals surface area contributed by atoms with Gasteiger partial charge in [0.2, 0.25) is 5.88 Å². The minimum Gasteiger partial charge on any atom is -0.477 e. The molecule has 1 aromatic heterocycles. The van der Waals surface area contributed by atoms with E-state index in [9.17, 15) is 0 Å². The van der Waals surface area contributed by atoms with Crippen LogP contribution in [0, 0.1) is 5.92 Å². The van der Waals surface area contributed by atoms with Crippen LogP contribution in [0.15, 0.2) is 6.07 Å². The molecule has 1 N–H and O–H groups in total. The minimum atomic E-state index is 0.287. The summed E-state index contributed by atoms with van der Waals surface area (Å²) in [4.78, 5) is 11.2. The minimum absolute atomic E-state index is 0.287. The van der Waals surface area contributed by atoms with Gasteiger partial charge in [-0.15, -0.1) is 0 Å². The molecule has 0 fully saturated rings. The number of nitrogens with zero attached hydrogens (tertiary/aromatic N) is 3. The molecule has 1 heterocycles. The average molecular weight is 294 g/mol. The maximum atomic E-state index is 5.74. The van der Waals surface area contributed by atoms with Crippen molar-refractivity contribution >= 4 is 5.82 Å². The Morgan fingerprint density at radius 1 is 1.19 bits per heavy atom. The Balaban J connectivity index is 2.68. The lowest BCUT2D eigenvalue weighted by molar-refractivity contribution is 0.260. The normalized spacial score (nSPS) is 11.5. The van der Waals surface area contributed by atoms with Crippen molar-refractivity contribution in [1.82, 2.24) is 14.9 Å². The predicted molar refractivity (Wildman–Crippen MR) is 88.1 cm³/mol.